The molecule has 1 aromatic rings. The summed E-state index contributed by atoms with van der Waals surface area (Å²) in [5, 5.41) is 13.7. The van der Waals surface area contributed by atoms with Crippen molar-refractivity contribution in [3.63, 3.8) is 0 Å². The van der Waals surface area contributed by atoms with E-state index in [4.69, 9.17) is 4.74 Å². The first kappa shape index (κ1) is 13.7. The predicted molar refractivity (Wildman–Crippen MR) is 68.8 cm³/mol. The van der Waals surface area contributed by atoms with Crippen molar-refractivity contribution in [2.45, 2.75) is 0 Å². The molecule has 0 spiro atoms. The molecular weight excluding hydrogens is 253 g/mol. The lowest BCUT2D eigenvalue weighted by molar-refractivity contribution is -0.384. The quantitative estimate of drug-likeness (QED) is 0.647. The number of halogens is 1. The lowest BCUT2D eigenvalue weighted by Crippen LogP contribution is -2.39. The first-order valence-electron chi connectivity index (χ1n) is 6.15. The Kier molecular flexibility index (Phi) is 4.64. The number of nitro benzene ring substituents is 1. The number of anilines is 1. The van der Waals surface area contributed by atoms with Crippen molar-refractivity contribution in [2.24, 2.45) is 0 Å². The van der Waals surface area contributed by atoms with E-state index >= 15 is 0 Å². The van der Waals surface area contributed by atoms with Crippen LogP contribution >= 0.6 is 0 Å². The third-order valence-corrected chi connectivity index (χ3v) is 3.00. The Bertz CT molecular complexity index is 450. The minimum atomic E-state index is -0.517. The van der Waals surface area contributed by atoms with Crippen molar-refractivity contribution in [3.8, 4) is 0 Å². The van der Waals surface area contributed by atoms with E-state index in [1.54, 1.807) is 0 Å². The molecular formula is C12H16FN3O3. The fourth-order valence-corrected chi connectivity index (χ4v) is 1.98. The maximum Gasteiger partial charge on any atom is 0.292 e. The van der Waals surface area contributed by atoms with Gasteiger partial charge in [-0.1, -0.05) is 0 Å². The summed E-state index contributed by atoms with van der Waals surface area (Å²) >= 11 is 0. The summed E-state index contributed by atoms with van der Waals surface area (Å²) in [7, 11) is 0. The van der Waals surface area contributed by atoms with Crippen molar-refractivity contribution in [1.82, 2.24) is 4.90 Å². The van der Waals surface area contributed by atoms with Crippen LogP contribution in [0.4, 0.5) is 15.8 Å². The van der Waals surface area contributed by atoms with E-state index in [0.717, 1.165) is 31.8 Å². The normalized spacial score (nSPS) is 16.3. The zero-order valence-corrected chi connectivity index (χ0v) is 10.5. The number of benzene rings is 1. The second-order valence-corrected chi connectivity index (χ2v) is 4.30. The fraction of sp³-hybridized carbons (Fsp3) is 0.500. The van der Waals surface area contributed by atoms with E-state index in [1.165, 1.54) is 6.07 Å². The molecule has 1 heterocycles. The van der Waals surface area contributed by atoms with Gasteiger partial charge in [0.05, 0.1) is 18.1 Å². The Morgan fingerprint density at radius 2 is 2.16 bits per heavy atom. The van der Waals surface area contributed by atoms with Gasteiger partial charge in [-0.05, 0) is 6.07 Å². The number of nitrogens with zero attached hydrogens (tertiary/aromatic N) is 2. The van der Waals surface area contributed by atoms with Crippen LogP contribution in [0.5, 0.6) is 0 Å². The highest BCUT2D eigenvalue weighted by molar-refractivity contribution is 5.61. The molecule has 2 rings (SSSR count). The Morgan fingerprint density at radius 3 is 2.84 bits per heavy atom. The van der Waals surface area contributed by atoms with Crippen molar-refractivity contribution in [2.75, 3.05) is 44.7 Å². The van der Waals surface area contributed by atoms with Gasteiger partial charge in [0.15, 0.2) is 0 Å². The number of nitro groups is 1. The van der Waals surface area contributed by atoms with Crippen molar-refractivity contribution in [1.29, 1.82) is 0 Å². The zero-order valence-electron chi connectivity index (χ0n) is 10.5. The molecule has 1 N–H and O–H groups in total. The van der Waals surface area contributed by atoms with Gasteiger partial charge in [0.25, 0.3) is 5.69 Å². The highest BCUT2D eigenvalue weighted by atomic mass is 19.1. The van der Waals surface area contributed by atoms with Crippen molar-refractivity contribution < 1.29 is 14.1 Å². The van der Waals surface area contributed by atoms with Crippen LogP contribution < -0.4 is 5.32 Å². The standard InChI is InChI=1S/C12H16FN3O3/c13-10-1-2-12(16(17)18)11(9-10)14-3-4-15-5-7-19-8-6-15/h1-2,9,14H,3-8H2. The van der Waals surface area contributed by atoms with E-state index in [2.05, 4.69) is 10.2 Å². The van der Waals surface area contributed by atoms with E-state index in [9.17, 15) is 14.5 Å². The van der Waals surface area contributed by atoms with Gasteiger partial charge in [-0.2, -0.15) is 0 Å². The van der Waals surface area contributed by atoms with Gasteiger partial charge >= 0.3 is 0 Å². The first-order chi connectivity index (χ1) is 9.16. The van der Waals surface area contributed by atoms with Gasteiger partial charge in [0.1, 0.15) is 11.5 Å². The summed E-state index contributed by atoms with van der Waals surface area (Å²) in [6.45, 7) is 4.40. The van der Waals surface area contributed by atoms with Crippen LogP contribution in [0, 0.1) is 15.9 Å². The summed E-state index contributed by atoms with van der Waals surface area (Å²) in [4.78, 5) is 12.5. The molecule has 1 aliphatic rings. The van der Waals surface area contributed by atoms with Crippen LogP contribution in [0.3, 0.4) is 0 Å². The molecule has 0 unspecified atom stereocenters. The smallest absolute Gasteiger partial charge is 0.292 e. The minimum absolute atomic E-state index is 0.108. The fourth-order valence-electron chi connectivity index (χ4n) is 1.98. The zero-order chi connectivity index (χ0) is 13.7. The average molecular weight is 269 g/mol. The molecule has 7 heteroatoms. The summed E-state index contributed by atoms with van der Waals surface area (Å²) in [6, 6.07) is 3.41. The third-order valence-electron chi connectivity index (χ3n) is 3.00. The number of hydrogen-bond acceptors (Lipinski definition) is 5. The number of hydrogen-bond donors (Lipinski definition) is 1. The number of ether oxygens (including phenoxy) is 1. The van der Waals surface area contributed by atoms with E-state index in [0.29, 0.717) is 19.8 Å². The molecule has 1 aromatic carbocycles. The van der Waals surface area contributed by atoms with Crippen LogP contribution in [-0.4, -0.2) is 49.2 Å². The number of rotatable bonds is 5. The Labute approximate surface area is 110 Å². The average Bonchev–Trinajstić information content (AvgIpc) is 2.39. The maximum absolute atomic E-state index is 13.1. The Morgan fingerprint density at radius 1 is 1.42 bits per heavy atom. The largest absolute Gasteiger partial charge is 0.379 e. The van der Waals surface area contributed by atoms with Gasteiger partial charge in [-0.15, -0.1) is 0 Å². The van der Waals surface area contributed by atoms with Crippen LogP contribution in [0.25, 0.3) is 0 Å². The minimum Gasteiger partial charge on any atom is -0.379 e. The van der Waals surface area contributed by atoms with Gasteiger partial charge < -0.3 is 10.1 Å². The van der Waals surface area contributed by atoms with Crippen LogP contribution in [0.15, 0.2) is 18.2 Å². The van der Waals surface area contributed by atoms with Crippen molar-refractivity contribution in [3.05, 3.63) is 34.1 Å². The van der Waals surface area contributed by atoms with Crippen LogP contribution in [0.1, 0.15) is 0 Å². The predicted octanol–water partition coefficient (Wildman–Crippen LogP) is 1.48. The molecule has 19 heavy (non-hydrogen) atoms. The Balaban J connectivity index is 1.91. The molecule has 1 saturated heterocycles. The van der Waals surface area contributed by atoms with Gasteiger partial charge in [-0.25, -0.2) is 4.39 Å². The van der Waals surface area contributed by atoms with Crippen LogP contribution in [-0.2, 0) is 4.74 Å². The molecule has 0 saturated carbocycles. The SMILES string of the molecule is O=[N+]([O-])c1ccc(F)cc1NCCN1CCOCC1. The summed E-state index contributed by atoms with van der Waals surface area (Å²) in [6.07, 6.45) is 0. The molecule has 0 amide bonds. The molecule has 0 atom stereocenters. The number of nitrogens with one attached hydrogen (secondary N) is 1. The molecule has 0 aliphatic carbocycles. The summed E-state index contributed by atoms with van der Waals surface area (Å²) in [5.41, 5.74) is 0.113. The lowest BCUT2D eigenvalue weighted by Gasteiger charge is -2.26. The molecule has 0 aromatic heterocycles. The molecule has 1 aliphatic heterocycles. The van der Waals surface area contributed by atoms with E-state index in [-0.39, 0.29) is 11.4 Å². The van der Waals surface area contributed by atoms with Gasteiger partial charge in [0, 0.05) is 38.3 Å². The highest BCUT2D eigenvalue weighted by Crippen LogP contribution is 2.24. The second kappa shape index (κ2) is 6.44. The molecule has 6 nitrogen and oxygen atoms in total. The third kappa shape index (κ3) is 3.87. The van der Waals surface area contributed by atoms with Gasteiger partial charge in [-0.3, -0.25) is 15.0 Å². The Hall–Kier alpha value is -1.73. The van der Waals surface area contributed by atoms with Crippen molar-refractivity contribution >= 4 is 11.4 Å². The second-order valence-electron chi connectivity index (χ2n) is 4.30. The maximum atomic E-state index is 13.1. The van der Waals surface area contributed by atoms with E-state index in [1.807, 2.05) is 0 Å². The highest BCUT2D eigenvalue weighted by Gasteiger charge is 2.15. The van der Waals surface area contributed by atoms with Gasteiger partial charge in [0.2, 0.25) is 0 Å². The molecule has 104 valence electrons. The first-order valence-corrected chi connectivity index (χ1v) is 6.15. The van der Waals surface area contributed by atoms with Crippen LogP contribution in [0.2, 0.25) is 0 Å². The molecule has 0 radical (unpaired) electrons. The lowest BCUT2D eigenvalue weighted by atomic mass is 10.2. The summed E-state index contributed by atoms with van der Waals surface area (Å²) in [5.74, 6) is -0.487. The summed E-state index contributed by atoms with van der Waals surface area (Å²) < 4.78 is 18.3. The number of morpholine rings is 1. The molecule has 0 bridgehead atoms. The topological polar surface area (TPSA) is 67.6 Å². The van der Waals surface area contributed by atoms with E-state index < -0.39 is 10.7 Å². The monoisotopic (exact) mass is 269 g/mol. The molecule has 1 fully saturated rings.